The minimum Gasteiger partial charge on any atom is -0.480 e. The van der Waals surface area contributed by atoms with Crippen molar-refractivity contribution in [3.63, 3.8) is 0 Å². The number of aliphatic carboxylic acids is 1. The molecule has 25 heavy (non-hydrogen) atoms. The monoisotopic (exact) mass is 358 g/mol. The molecule has 1 N–H and O–H groups in total. The molecule has 0 amide bonds. The summed E-state index contributed by atoms with van der Waals surface area (Å²) in [4.78, 5) is 12.5. The Bertz CT molecular complexity index is 657. The van der Waals surface area contributed by atoms with Crippen LogP contribution in [-0.2, 0) is 15.3 Å². The third-order valence-corrected chi connectivity index (χ3v) is 5.72. The number of carbonyl (C=O) groups is 1. The minimum absolute atomic E-state index is 0.237. The summed E-state index contributed by atoms with van der Waals surface area (Å²) < 4.78 is 4.71. The first-order chi connectivity index (χ1) is 12.0. The smallest absolute Gasteiger partial charge is 0.322 e. The van der Waals surface area contributed by atoms with Crippen LogP contribution in [0, 0.1) is 5.92 Å². The Morgan fingerprint density at radius 3 is 2.12 bits per heavy atom. The summed E-state index contributed by atoms with van der Waals surface area (Å²) in [6.07, 6.45) is 0.0232. The van der Waals surface area contributed by atoms with Crippen LogP contribution >= 0.6 is 11.8 Å². The Kier molecular flexibility index (Phi) is 7.09. The van der Waals surface area contributed by atoms with Crippen molar-refractivity contribution in [2.24, 2.45) is 5.92 Å². The summed E-state index contributed by atoms with van der Waals surface area (Å²) in [7, 11) is 1.60. The molecule has 4 heteroatoms. The second-order valence-corrected chi connectivity index (χ2v) is 7.90. The van der Waals surface area contributed by atoms with Gasteiger partial charge in [0.05, 0.1) is 0 Å². The normalized spacial score (nSPS) is 14.9. The van der Waals surface area contributed by atoms with E-state index in [1.54, 1.807) is 7.11 Å². The number of hydrogen-bond acceptors (Lipinski definition) is 3. The van der Waals surface area contributed by atoms with Gasteiger partial charge in [-0.25, -0.2) is 0 Å². The third kappa shape index (κ3) is 4.86. The molecule has 2 rings (SSSR count). The minimum atomic E-state index is -1.04. The molecule has 2 atom stereocenters. The summed E-state index contributed by atoms with van der Waals surface area (Å²) in [6, 6.07) is 19.6. The zero-order valence-electron chi connectivity index (χ0n) is 15.0. The van der Waals surface area contributed by atoms with Gasteiger partial charge in [-0.15, -0.1) is 11.8 Å². The Hall–Kier alpha value is -1.78. The molecule has 0 spiro atoms. The highest BCUT2D eigenvalue weighted by Gasteiger charge is 2.48. The van der Waals surface area contributed by atoms with Gasteiger partial charge in [-0.1, -0.05) is 74.5 Å². The maximum Gasteiger partial charge on any atom is 0.322 e. The van der Waals surface area contributed by atoms with E-state index >= 15 is 0 Å². The van der Waals surface area contributed by atoms with E-state index in [-0.39, 0.29) is 5.92 Å². The van der Waals surface area contributed by atoms with Crippen molar-refractivity contribution in [3.8, 4) is 0 Å². The zero-order chi connectivity index (χ0) is 18.3. The van der Waals surface area contributed by atoms with Crippen LogP contribution in [0.25, 0.3) is 0 Å². The Morgan fingerprint density at radius 1 is 1.08 bits per heavy atom. The van der Waals surface area contributed by atoms with Crippen LogP contribution in [0.3, 0.4) is 0 Å². The zero-order valence-corrected chi connectivity index (χ0v) is 15.8. The SMILES string of the molecule is COC(c1ccccc1)C(CC(C)C)(SCc1ccccc1)C(=O)O. The quantitative estimate of drug-likeness (QED) is 0.671. The van der Waals surface area contributed by atoms with Crippen LogP contribution in [-0.4, -0.2) is 22.9 Å². The van der Waals surface area contributed by atoms with Crippen LogP contribution in [0.2, 0.25) is 0 Å². The molecule has 0 saturated carbocycles. The lowest BCUT2D eigenvalue weighted by Gasteiger charge is -2.37. The number of hydrogen-bond donors (Lipinski definition) is 1. The van der Waals surface area contributed by atoms with E-state index in [9.17, 15) is 9.90 Å². The van der Waals surface area contributed by atoms with E-state index in [1.165, 1.54) is 11.8 Å². The van der Waals surface area contributed by atoms with E-state index in [1.807, 2.05) is 60.7 Å². The molecule has 2 aromatic carbocycles. The van der Waals surface area contributed by atoms with Gasteiger partial charge in [-0.2, -0.15) is 0 Å². The van der Waals surface area contributed by atoms with Gasteiger partial charge in [-0.3, -0.25) is 4.79 Å². The van der Waals surface area contributed by atoms with Crippen molar-refractivity contribution >= 4 is 17.7 Å². The Morgan fingerprint density at radius 2 is 1.64 bits per heavy atom. The molecule has 2 unspecified atom stereocenters. The molecule has 0 aliphatic carbocycles. The van der Waals surface area contributed by atoms with Crippen LogP contribution in [0.4, 0.5) is 0 Å². The summed E-state index contributed by atoms with van der Waals surface area (Å²) in [5.41, 5.74) is 2.01. The van der Waals surface area contributed by atoms with Gasteiger partial charge in [0.1, 0.15) is 10.9 Å². The fourth-order valence-corrected chi connectivity index (χ4v) is 4.69. The molecular weight excluding hydrogens is 332 g/mol. The summed E-state index contributed by atoms with van der Waals surface area (Å²) in [5, 5.41) is 10.2. The third-order valence-electron chi connectivity index (χ3n) is 4.17. The van der Waals surface area contributed by atoms with E-state index in [0.29, 0.717) is 12.2 Å². The van der Waals surface area contributed by atoms with Crippen molar-refractivity contribution in [1.82, 2.24) is 0 Å². The number of ether oxygens (including phenoxy) is 1. The Balaban J connectivity index is 2.40. The molecule has 0 aliphatic rings. The maximum atomic E-state index is 12.5. The molecular formula is C21H26O3S. The maximum absolute atomic E-state index is 12.5. The summed E-state index contributed by atoms with van der Waals surface area (Å²) >= 11 is 1.46. The number of thioether (sulfide) groups is 1. The molecule has 0 aromatic heterocycles. The number of benzene rings is 2. The van der Waals surface area contributed by atoms with Gasteiger partial charge >= 0.3 is 5.97 Å². The molecule has 0 radical (unpaired) electrons. The number of carboxylic acid groups (broad SMARTS) is 1. The topological polar surface area (TPSA) is 46.5 Å². The second kappa shape index (κ2) is 9.07. The van der Waals surface area contributed by atoms with Crippen molar-refractivity contribution in [1.29, 1.82) is 0 Å². The van der Waals surface area contributed by atoms with Crippen LogP contribution in [0.1, 0.15) is 37.5 Å². The van der Waals surface area contributed by atoms with Gasteiger partial charge in [0.25, 0.3) is 0 Å². The first-order valence-corrected chi connectivity index (χ1v) is 9.47. The highest BCUT2D eigenvalue weighted by Crippen LogP contribution is 2.46. The van der Waals surface area contributed by atoms with Crippen molar-refractivity contribution in [2.75, 3.05) is 7.11 Å². The van der Waals surface area contributed by atoms with E-state index in [0.717, 1.165) is 11.1 Å². The van der Waals surface area contributed by atoms with Crippen molar-refractivity contribution < 1.29 is 14.6 Å². The molecule has 0 bridgehead atoms. The molecule has 3 nitrogen and oxygen atoms in total. The summed E-state index contributed by atoms with van der Waals surface area (Å²) in [5.74, 6) is 0.0468. The van der Waals surface area contributed by atoms with E-state index in [2.05, 4.69) is 13.8 Å². The van der Waals surface area contributed by atoms with Gasteiger partial charge in [-0.05, 0) is 23.5 Å². The first-order valence-electron chi connectivity index (χ1n) is 8.48. The van der Waals surface area contributed by atoms with Gasteiger partial charge in [0.2, 0.25) is 0 Å². The predicted octanol–water partition coefficient (Wildman–Crippen LogP) is 5.18. The van der Waals surface area contributed by atoms with Crippen molar-refractivity contribution in [2.45, 2.75) is 36.9 Å². The van der Waals surface area contributed by atoms with Crippen LogP contribution in [0.15, 0.2) is 60.7 Å². The second-order valence-electron chi connectivity index (χ2n) is 6.59. The lowest BCUT2D eigenvalue weighted by molar-refractivity contribution is -0.144. The molecule has 0 fully saturated rings. The predicted molar refractivity (Wildman–Crippen MR) is 104 cm³/mol. The van der Waals surface area contributed by atoms with Crippen LogP contribution < -0.4 is 0 Å². The highest BCUT2D eigenvalue weighted by atomic mass is 32.2. The number of carboxylic acids is 1. The fourth-order valence-electron chi connectivity index (χ4n) is 3.12. The van der Waals surface area contributed by atoms with E-state index < -0.39 is 16.8 Å². The highest BCUT2D eigenvalue weighted by molar-refractivity contribution is 8.00. The molecule has 134 valence electrons. The first kappa shape index (κ1) is 19.5. The summed E-state index contributed by atoms with van der Waals surface area (Å²) in [6.45, 7) is 4.11. The average Bonchev–Trinajstić information content (AvgIpc) is 2.61. The molecule has 0 saturated heterocycles. The molecule has 0 aliphatic heterocycles. The molecule has 2 aromatic rings. The van der Waals surface area contributed by atoms with Crippen molar-refractivity contribution in [3.05, 3.63) is 71.8 Å². The van der Waals surface area contributed by atoms with Crippen LogP contribution in [0.5, 0.6) is 0 Å². The lowest BCUT2D eigenvalue weighted by atomic mass is 9.87. The average molecular weight is 359 g/mol. The van der Waals surface area contributed by atoms with Gasteiger partial charge in [0.15, 0.2) is 0 Å². The Labute approximate surface area is 154 Å². The largest absolute Gasteiger partial charge is 0.480 e. The molecule has 0 heterocycles. The standard InChI is InChI=1S/C21H26O3S/c1-16(2)14-21(20(22)23,25-15-17-10-6-4-7-11-17)19(24-3)18-12-8-5-9-13-18/h4-13,16,19H,14-15H2,1-3H3,(H,22,23). The lowest BCUT2D eigenvalue weighted by Crippen LogP contribution is -2.43. The number of methoxy groups -OCH3 is 1. The fraction of sp³-hybridized carbons (Fsp3) is 0.381. The van der Waals surface area contributed by atoms with E-state index in [4.69, 9.17) is 4.74 Å². The van der Waals surface area contributed by atoms with Gasteiger partial charge in [0, 0.05) is 12.9 Å². The number of rotatable bonds is 9. The van der Waals surface area contributed by atoms with Gasteiger partial charge < -0.3 is 9.84 Å².